The maximum atomic E-state index is 10.7. The molecule has 3 N–H and O–H groups in total. The number of nitrogens with one attached hydrogen (secondary N) is 1. The minimum Gasteiger partial charge on any atom is -0.350 e. The number of hydrogen-bond acceptors (Lipinski definition) is 2. The zero-order valence-electron chi connectivity index (χ0n) is 13.4. The average Bonchev–Trinajstić information content (AvgIpc) is 2.43. The van der Waals surface area contributed by atoms with Crippen LogP contribution in [0, 0.1) is 0 Å². The first kappa shape index (κ1) is 18.9. The molecule has 0 aliphatic heterocycles. The van der Waals surface area contributed by atoms with Crippen molar-refractivity contribution in [2.24, 2.45) is 10.8 Å². The highest BCUT2D eigenvalue weighted by atomic mass is 16.2. The molecule has 0 aliphatic carbocycles. The van der Waals surface area contributed by atoms with E-state index in [2.05, 4.69) is 24.4 Å². The van der Waals surface area contributed by atoms with Crippen molar-refractivity contribution in [3.05, 3.63) is 0 Å². The first-order valence-electron chi connectivity index (χ1n) is 8.31. The van der Waals surface area contributed by atoms with Crippen LogP contribution in [-0.4, -0.2) is 11.7 Å². The van der Waals surface area contributed by atoms with E-state index in [1.54, 1.807) is 0 Å². The van der Waals surface area contributed by atoms with E-state index >= 15 is 0 Å². The van der Waals surface area contributed by atoms with E-state index in [0.717, 1.165) is 31.4 Å². The predicted octanol–water partition coefficient (Wildman–Crippen LogP) is 4.73. The molecule has 0 spiro atoms. The number of nitrogens with two attached hydrogens (primary N) is 1. The molecule has 0 heterocycles. The summed E-state index contributed by atoms with van der Waals surface area (Å²) in [5, 5.41) is 4.15. The van der Waals surface area contributed by atoms with Gasteiger partial charge in [0.15, 0.2) is 0 Å². The SMILES string of the molecule is CCCCCCCC(CCCCCCC)=NNC(N)=O. The van der Waals surface area contributed by atoms with Crippen molar-refractivity contribution in [1.29, 1.82) is 0 Å². The Hall–Kier alpha value is -1.06. The molecule has 4 heteroatoms. The fraction of sp³-hybridized carbons (Fsp3) is 0.875. The number of amides is 2. The molecule has 0 atom stereocenters. The molecule has 0 aromatic carbocycles. The van der Waals surface area contributed by atoms with Crippen molar-refractivity contribution in [3.63, 3.8) is 0 Å². The van der Waals surface area contributed by atoms with Crippen molar-refractivity contribution < 1.29 is 4.79 Å². The molecular formula is C16H33N3O. The van der Waals surface area contributed by atoms with Gasteiger partial charge in [-0.15, -0.1) is 0 Å². The molecule has 0 fully saturated rings. The summed E-state index contributed by atoms with van der Waals surface area (Å²) in [5.41, 5.74) is 8.54. The van der Waals surface area contributed by atoms with E-state index in [0.29, 0.717) is 0 Å². The number of hydrogen-bond donors (Lipinski definition) is 2. The topological polar surface area (TPSA) is 67.5 Å². The Morgan fingerprint density at radius 2 is 1.30 bits per heavy atom. The first-order chi connectivity index (χ1) is 9.70. The number of urea groups is 1. The fourth-order valence-corrected chi connectivity index (χ4v) is 2.24. The Labute approximate surface area is 124 Å². The largest absolute Gasteiger partial charge is 0.350 e. The number of unbranched alkanes of at least 4 members (excludes halogenated alkanes) is 8. The second kappa shape index (κ2) is 14.4. The highest BCUT2D eigenvalue weighted by molar-refractivity contribution is 5.85. The van der Waals surface area contributed by atoms with Gasteiger partial charge < -0.3 is 5.73 Å². The molecule has 0 aromatic rings. The van der Waals surface area contributed by atoms with Gasteiger partial charge in [-0.2, -0.15) is 5.10 Å². The van der Waals surface area contributed by atoms with Crippen molar-refractivity contribution in [1.82, 2.24) is 5.43 Å². The summed E-state index contributed by atoms with van der Waals surface area (Å²) in [6.45, 7) is 4.44. The minimum atomic E-state index is -0.570. The summed E-state index contributed by atoms with van der Waals surface area (Å²) >= 11 is 0. The van der Waals surface area contributed by atoms with Crippen molar-refractivity contribution in [2.75, 3.05) is 0 Å². The molecular weight excluding hydrogens is 250 g/mol. The molecule has 0 radical (unpaired) electrons. The molecule has 118 valence electrons. The molecule has 0 saturated carbocycles. The fourth-order valence-electron chi connectivity index (χ4n) is 2.24. The summed E-state index contributed by atoms with van der Waals surface area (Å²) in [4.78, 5) is 10.7. The molecule has 0 aliphatic rings. The minimum absolute atomic E-state index is 0.570. The van der Waals surface area contributed by atoms with Crippen molar-refractivity contribution in [2.45, 2.75) is 90.9 Å². The van der Waals surface area contributed by atoms with Crippen LogP contribution < -0.4 is 11.2 Å². The summed E-state index contributed by atoms with van der Waals surface area (Å²) in [6.07, 6.45) is 14.5. The van der Waals surface area contributed by atoms with Crippen molar-refractivity contribution in [3.8, 4) is 0 Å². The van der Waals surface area contributed by atoms with Crippen LogP contribution in [0.2, 0.25) is 0 Å². The monoisotopic (exact) mass is 283 g/mol. The second-order valence-electron chi connectivity index (χ2n) is 5.48. The summed E-state index contributed by atoms with van der Waals surface area (Å²) < 4.78 is 0. The molecule has 20 heavy (non-hydrogen) atoms. The number of carbonyl (C=O) groups is 1. The van der Waals surface area contributed by atoms with Crippen molar-refractivity contribution >= 4 is 11.7 Å². The van der Waals surface area contributed by atoms with Gasteiger partial charge in [-0.3, -0.25) is 0 Å². The molecule has 0 saturated heterocycles. The van der Waals surface area contributed by atoms with Crippen LogP contribution in [0.3, 0.4) is 0 Å². The highest BCUT2D eigenvalue weighted by Crippen LogP contribution is 2.11. The summed E-state index contributed by atoms with van der Waals surface area (Å²) in [5.74, 6) is 0. The van der Waals surface area contributed by atoms with Gasteiger partial charge >= 0.3 is 6.03 Å². The molecule has 0 bridgehead atoms. The van der Waals surface area contributed by atoms with Gasteiger partial charge in [0.25, 0.3) is 0 Å². The van der Waals surface area contributed by atoms with E-state index in [1.807, 2.05) is 0 Å². The van der Waals surface area contributed by atoms with Gasteiger partial charge in [0.2, 0.25) is 0 Å². The van der Waals surface area contributed by atoms with E-state index in [1.165, 1.54) is 51.4 Å². The lowest BCUT2D eigenvalue weighted by Gasteiger charge is -2.07. The van der Waals surface area contributed by atoms with Crippen LogP contribution in [-0.2, 0) is 0 Å². The maximum Gasteiger partial charge on any atom is 0.332 e. The summed E-state index contributed by atoms with van der Waals surface area (Å²) in [6, 6.07) is -0.570. The normalized spacial score (nSPS) is 10.3. The molecule has 0 aromatic heterocycles. The van der Waals surface area contributed by atoms with Gasteiger partial charge in [0, 0.05) is 5.71 Å². The zero-order chi connectivity index (χ0) is 15.1. The third-order valence-corrected chi connectivity index (χ3v) is 3.46. The van der Waals surface area contributed by atoms with E-state index in [4.69, 9.17) is 5.73 Å². The van der Waals surface area contributed by atoms with Gasteiger partial charge in [-0.05, 0) is 25.7 Å². The lowest BCUT2D eigenvalue weighted by Crippen LogP contribution is -2.25. The third kappa shape index (κ3) is 13.4. The quantitative estimate of drug-likeness (QED) is 0.286. The Kier molecular flexibility index (Phi) is 13.6. The Balaban J connectivity index is 3.88. The van der Waals surface area contributed by atoms with Crippen LogP contribution in [0.4, 0.5) is 4.79 Å². The first-order valence-corrected chi connectivity index (χ1v) is 8.31. The molecule has 0 unspecified atom stereocenters. The Morgan fingerprint density at radius 3 is 1.70 bits per heavy atom. The predicted molar refractivity (Wildman–Crippen MR) is 86.9 cm³/mol. The third-order valence-electron chi connectivity index (χ3n) is 3.46. The number of nitrogens with zero attached hydrogens (tertiary/aromatic N) is 1. The van der Waals surface area contributed by atoms with Crippen LogP contribution in [0.1, 0.15) is 90.9 Å². The van der Waals surface area contributed by atoms with E-state index in [9.17, 15) is 4.79 Å². The lowest BCUT2D eigenvalue weighted by atomic mass is 10.0. The smallest absolute Gasteiger partial charge is 0.332 e. The number of primary amides is 1. The average molecular weight is 283 g/mol. The van der Waals surface area contributed by atoms with Crippen LogP contribution >= 0.6 is 0 Å². The lowest BCUT2D eigenvalue weighted by molar-refractivity contribution is 0.249. The highest BCUT2D eigenvalue weighted by Gasteiger charge is 2.02. The Morgan fingerprint density at radius 1 is 0.850 bits per heavy atom. The van der Waals surface area contributed by atoms with E-state index < -0.39 is 6.03 Å². The van der Waals surface area contributed by atoms with Crippen LogP contribution in [0.25, 0.3) is 0 Å². The molecule has 4 nitrogen and oxygen atoms in total. The molecule has 0 rings (SSSR count). The van der Waals surface area contributed by atoms with Gasteiger partial charge in [-0.25, -0.2) is 10.2 Å². The number of rotatable bonds is 13. The van der Waals surface area contributed by atoms with Crippen LogP contribution in [0.5, 0.6) is 0 Å². The molecule has 2 amide bonds. The Bertz CT molecular complexity index is 248. The van der Waals surface area contributed by atoms with Crippen LogP contribution in [0.15, 0.2) is 5.10 Å². The van der Waals surface area contributed by atoms with Gasteiger partial charge in [-0.1, -0.05) is 65.2 Å². The second-order valence-corrected chi connectivity index (χ2v) is 5.48. The number of carbonyl (C=O) groups excluding carboxylic acids is 1. The zero-order valence-corrected chi connectivity index (χ0v) is 13.4. The standard InChI is InChI=1S/C16H33N3O/c1-3-5-7-9-11-13-15(18-19-16(17)20)14-12-10-8-6-4-2/h3-14H2,1-2H3,(H3,17,19,20). The van der Waals surface area contributed by atoms with Gasteiger partial charge in [0.1, 0.15) is 0 Å². The maximum absolute atomic E-state index is 10.7. The summed E-state index contributed by atoms with van der Waals surface area (Å²) in [7, 11) is 0. The number of hydrazone groups is 1. The van der Waals surface area contributed by atoms with Gasteiger partial charge in [0.05, 0.1) is 0 Å². The van der Waals surface area contributed by atoms with E-state index in [-0.39, 0.29) is 0 Å².